The lowest BCUT2D eigenvalue weighted by atomic mass is 10.1. The predicted molar refractivity (Wildman–Crippen MR) is 117 cm³/mol. The maximum atomic E-state index is 13.3. The van der Waals surface area contributed by atoms with E-state index in [9.17, 15) is 14.0 Å². The van der Waals surface area contributed by atoms with Crippen LogP contribution in [0.15, 0.2) is 48.5 Å². The fraction of sp³-hybridized carbons (Fsp3) is 0.417. The first-order valence-corrected chi connectivity index (χ1v) is 10.8. The van der Waals surface area contributed by atoms with Gasteiger partial charge in [0.25, 0.3) is 5.91 Å². The van der Waals surface area contributed by atoms with Gasteiger partial charge in [0.05, 0.1) is 18.8 Å². The van der Waals surface area contributed by atoms with E-state index in [1.54, 1.807) is 7.11 Å². The van der Waals surface area contributed by atoms with Crippen LogP contribution in [0.4, 0.5) is 10.1 Å². The highest BCUT2D eigenvalue weighted by Gasteiger charge is 2.36. The van der Waals surface area contributed by atoms with E-state index in [4.69, 9.17) is 4.74 Å². The van der Waals surface area contributed by atoms with E-state index in [0.717, 1.165) is 56.9 Å². The Morgan fingerprint density at radius 1 is 0.968 bits per heavy atom. The van der Waals surface area contributed by atoms with Crippen LogP contribution >= 0.6 is 0 Å². The van der Waals surface area contributed by atoms with Crippen LogP contribution in [0, 0.1) is 5.82 Å². The molecule has 6 nitrogen and oxygen atoms in total. The molecule has 0 unspecified atom stereocenters. The summed E-state index contributed by atoms with van der Waals surface area (Å²) in [5.74, 6) is -0.0378. The molecule has 1 atom stereocenters. The average Bonchev–Trinajstić information content (AvgIpc) is 3.00. The van der Waals surface area contributed by atoms with Crippen molar-refractivity contribution in [2.45, 2.75) is 25.3 Å². The zero-order valence-corrected chi connectivity index (χ0v) is 17.8. The summed E-state index contributed by atoms with van der Waals surface area (Å²) in [6.07, 6.45) is 2.44. The largest absolute Gasteiger partial charge is 0.495 e. The van der Waals surface area contributed by atoms with Gasteiger partial charge in [-0.2, -0.15) is 0 Å². The van der Waals surface area contributed by atoms with Crippen molar-refractivity contribution >= 4 is 17.5 Å². The number of piperazine rings is 1. The first-order valence-electron chi connectivity index (χ1n) is 10.8. The summed E-state index contributed by atoms with van der Waals surface area (Å²) in [5.41, 5.74) is 1.40. The van der Waals surface area contributed by atoms with Crippen LogP contribution < -0.4 is 9.64 Å². The lowest BCUT2D eigenvalue weighted by Gasteiger charge is -2.40. The molecule has 2 aliphatic rings. The van der Waals surface area contributed by atoms with Crippen molar-refractivity contribution < 1.29 is 18.7 Å². The Bertz CT molecular complexity index is 926. The number of hydrogen-bond acceptors (Lipinski definition) is 5. The zero-order valence-electron chi connectivity index (χ0n) is 17.8. The molecule has 2 heterocycles. The molecule has 0 aliphatic carbocycles. The van der Waals surface area contributed by atoms with Gasteiger partial charge in [-0.3, -0.25) is 19.4 Å². The molecule has 4 rings (SSSR count). The van der Waals surface area contributed by atoms with Crippen molar-refractivity contribution in [2.24, 2.45) is 0 Å². The molecule has 2 saturated heterocycles. The first-order chi connectivity index (χ1) is 15.1. The first kappa shape index (κ1) is 21.3. The van der Waals surface area contributed by atoms with Gasteiger partial charge in [-0.05, 0) is 55.7 Å². The molecular weight excluding hydrogens is 397 g/mol. The standard InChI is InChI=1S/C24H28FN3O3/c1-31-22-8-3-2-6-20(22)26-14-16-27(17-15-26)21-7-4-5-13-28(24(21)30)23(29)18-9-11-19(25)12-10-18/h2-3,6,8-12,21H,4-5,7,13-17H2,1H3/t21-/m1/s1. The Kier molecular flexibility index (Phi) is 6.51. The molecule has 31 heavy (non-hydrogen) atoms. The molecule has 0 radical (unpaired) electrons. The molecule has 7 heteroatoms. The number of rotatable bonds is 4. The third kappa shape index (κ3) is 4.56. The van der Waals surface area contributed by atoms with Crippen LogP contribution in [0.3, 0.4) is 0 Å². The third-order valence-corrected chi connectivity index (χ3v) is 6.18. The Morgan fingerprint density at radius 3 is 2.39 bits per heavy atom. The van der Waals surface area contributed by atoms with Crippen molar-refractivity contribution in [1.82, 2.24) is 9.80 Å². The van der Waals surface area contributed by atoms with Gasteiger partial charge in [-0.15, -0.1) is 0 Å². The summed E-state index contributed by atoms with van der Waals surface area (Å²) in [6.45, 7) is 3.47. The number of hydrogen-bond donors (Lipinski definition) is 0. The number of imide groups is 1. The molecule has 0 N–H and O–H groups in total. The van der Waals surface area contributed by atoms with E-state index in [1.807, 2.05) is 24.3 Å². The molecule has 0 bridgehead atoms. The van der Waals surface area contributed by atoms with E-state index >= 15 is 0 Å². The van der Waals surface area contributed by atoms with Gasteiger partial charge < -0.3 is 9.64 Å². The van der Waals surface area contributed by atoms with Crippen molar-refractivity contribution in [3.8, 4) is 5.75 Å². The van der Waals surface area contributed by atoms with Gasteiger partial charge in [0.15, 0.2) is 0 Å². The number of likely N-dealkylation sites (tertiary alicyclic amines) is 1. The molecule has 0 spiro atoms. The lowest BCUT2D eigenvalue weighted by molar-refractivity contribution is -0.134. The Labute approximate surface area is 182 Å². The third-order valence-electron chi connectivity index (χ3n) is 6.18. The summed E-state index contributed by atoms with van der Waals surface area (Å²) in [6, 6.07) is 13.0. The summed E-state index contributed by atoms with van der Waals surface area (Å²) < 4.78 is 18.7. The number of para-hydroxylation sites is 2. The van der Waals surface area contributed by atoms with Gasteiger partial charge in [0.2, 0.25) is 5.91 Å². The highest BCUT2D eigenvalue weighted by molar-refractivity contribution is 6.06. The minimum Gasteiger partial charge on any atom is -0.495 e. The number of ether oxygens (including phenoxy) is 1. The number of methoxy groups -OCH3 is 1. The quantitative estimate of drug-likeness (QED) is 0.705. The van der Waals surface area contributed by atoms with Crippen molar-refractivity contribution in [3.63, 3.8) is 0 Å². The number of halogens is 1. The second-order valence-electron chi connectivity index (χ2n) is 8.01. The van der Waals surface area contributed by atoms with Gasteiger partial charge >= 0.3 is 0 Å². The molecule has 2 aromatic rings. The van der Waals surface area contributed by atoms with Gasteiger partial charge in [0.1, 0.15) is 11.6 Å². The summed E-state index contributed by atoms with van der Waals surface area (Å²) in [5, 5.41) is 0. The molecule has 164 valence electrons. The monoisotopic (exact) mass is 425 g/mol. The van der Waals surface area contributed by atoms with Crippen LogP contribution in [0.2, 0.25) is 0 Å². The minimum absolute atomic E-state index is 0.141. The van der Waals surface area contributed by atoms with Crippen molar-refractivity contribution in [3.05, 3.63) is 59.9 Å². The average molecular weight is 426 g/mol. The Balaban J connectivity index is 1.45. The number of carbonyl (C=O) groups excluding carboxylic acids is 2. The predicted octanol–water partition coefficient (Wildman–Crippen LogP) is 3.18. The fourth-order valence-electron chi connectivity index (χ4n) is 4.48. The Hall–Kier alpha value is -2.93. The molecular formula is C24H28FN3O3. The van der Waals surface area contributed by atoms with Crippen LogP contribution in [-0.2, 0) is 4.79 Å². The van der Waals surface area contributed by atoms with E-state index < -0.39 is 5.82 Å². The van der Waals surface area contributed by atoms with Crippen LogP contribution in [-0.4, -0.2) is 67.5 Å². The lowest BCUT2D eigenvalue weighted by Crippen LogP contribution is -2.56. The highest BCUT2D eigenvalue weighted by Crippen LogP contribution is 2.29. The number of carbonyl (C=O) groups is 2. The highest BCUT2D eigenvalue weighted by atomic mass is 19.1. The molecule has 2 aromatic carbocycles. The molecule has 2 aliphatic heterocycles. The maximum absolute atomic E-state index is 13.3. The number of benzene rings is 2. The van der Waals surface area contributed by atoms with E-state index in [0.29, 0.717) is 12.1 Å². The fourth-order valence-corrected chi connectivity index (χ4v) is 4.48. The molecule has 2 fully saturated rings. The number of nitrogens with zero attached hydrogens (tertiary/aromatic N) is 3. The SMILES string of the molecule is COc1ccccc1N1CCN([C@@H]2CCCCN(C(=O)c3ccc(F)cc3)C2=O)CC1. The van der Waals surface area contributed by atoms with Crippen LogP contribution in [0.1, 0.15) is 29.6 Å². The number of amides is 2. The van der Waals surface area contributed by atoms with Gasteiger partial charge in [-0.25, -0.2) is 4.39 Å². The summed E-state index contributed by atoms with van der Waals surface area (Å²) in [4.78, 5) is 32.1. The molecule has 2 amide bonds. The number of anilines is 1. The van der Waals surface area contributed by atoms with Gasteiger partial charge in [-0.1, -0.05) is 12.1 Å². The second-order valence-corrected chi connectivity index (χ2v) is 8.01. The topological polar surface area (TPSA) is 53.1 Å². The second kappa shape index (κ2) is 9.47. The van der Waals surface area contributed by atoms with Crippen molar-refractivity contribution in [2.75, 3.05) is 44.7 Å². The molecule has 0 aromatic heterocycles. The van der Waals surface area contributed by atoms with Gasteiger partial charge in [0, 0.05) is 38.3 Å². The van der Waals surface area contributed by atoms with Crippen molar-refractivity contribution in [1.29, 1.82) is 0 Å². The molecule has 0 saturated carbocycles. The minimum atomic E-state index is -0.399. The summed E-state index contributed by atoms with van der Waals surface area (Å²) in [7, 11) is 1.67. The van der Waals surface area contributed by atoms with E-state index in [-0.39, 0.29) is 17.9 Å². The Morgan fingerprint density at radius 2 is 1.68 bits per heavy atom. The van der Waals surface area contributed by atoms with Crippen LogP contribution in [0.5, 0.6) is 5.75 Å². The van der Waals surface area contributed by atoms with Crippen LogP contribution in [0.25, 0.3) is 0 Å². The normalized spacial score (nSPS) is 20.5. The summed E-state index contributed by atoms with van der Waals surface area (Å²) >= 11 is 0. The van der Waals surface area contributed by atoms with E-state index in [2.05, 4.69) is 9.80 Å². The maximum Gasteiger partial charge on any atom is 0.260 e. The smallest absolute Gasteiger partial charge is 0.260 e. The zero-order chi connectivity index (χ0) is 21.8. The van der Waals surface area contributed by atoms with E-state index in [1.165, 1.54) is 29.2 Å².